The van der Waals surface area contributed by atoms with Crippen LogP contribution in [0, 0.1) is 0 Å². The zero-order valence-corrected chi connectivity index (χ0v) is 32.2. The smallest absolute Gasteiger partial charge is 0.340 e. The maximum Gasteiger partial charge on any atom is 0.340 e. The van der Waals surface area contributed by atoms with Gasteiger partial charge in [-0.25, -0.2) is 8.42 Å². The van der Waals surface area contributed by atoms with Crippen LogP contribution in [0.15, 0.2) is 83.1 Å². The number of aromatic hydroxyl groups is 4. The SMILES string of the molecule is O=C(NCCCOc1ccc(C(=O)Nc2ccc3sc(S(=O)(=O)NCP(=O)(O)O)cc3c2)cc1OCCCNC(=O)c1ccc(O)c(O)c1)c1ccc(O)c(O)c1. The third-order valence-corrected chi connectivity index (χ3v) is 11.7. The molecule has 0 unspecified atom stereocenters. The van der Waals surface area contributed by atoms with Crippen LogP contribution in [0.1, 0.15) is 43.9 Å². The van der Waals surface area contributed by atoms with Crippen LogP contribution in [-0.4, -0.2) is 88.9 Å². The van der Waals surface area contributed by atoms with Gasteiger partial charge in [-0.2, -0.15) is 4.72 Å². The van der Waals surface area contributed by atoms with Crippen molar-refractivity contribution in [2.45, 2.75) is 17.1 Å². The van der Waals surface area contributed by atoms with Gasteiger partial charge in [-0.3, -0.25) is 18.9 Å². The molecule has 5 rings (SSSR count). The summed E-state index contributed by atoms with van der Waals surface area (Å²) in [6, 6.07) is 17.8. The molecule has 18 nitrogen and oxygen atoms in total. The number of ether oxygens (including phenoxy) is 2. The second-order valence-electron chi connectivity index (χ2n) is 12.2. The first-order valence-corrected chi connectivity index (χ1v) is 21.0. The minimum Gasteiger partial charge on any atom is -0.504 e. The van der Waals surface area contributed by atoms with Gasteiger partial charge in [-0.05, 0) is 97.1 Å². The van der Waals surface area contributed by atoms with Crippen LogP contribution in [0.2, 0.25) is 0 Å². The molecule has 302 valence electrons. The molecule has 0 aliphatic carbocycles. The number of rotatable bonds is 18. The van der Waals surface area contributed by atoms with Crippen LogP contribution < -0.4 is 30.1 Å². The third kappa shape index (κ3) is 11.8. The molecule has 4 aromatic carbocycles. The first-order chi connectivity index (χ1) is 27.0. The zero-order chi connectivity index (χ0) is 41.3. The Bertz CT molecular complexity index is 2450. The molecular formula is C36H37N4O14PS2. The van der Waals surface area contributed by atoms with Crippen LogP contribution >= 0.6 is 18.9 Å². The van der Waals surface area contributed by atoms with Crippen molar-refractivity contribution in [3.63, 3.8) is 0 Å². The number of hydrogen-bond acceptors (Lipinski definition) is 13. The van der Waals surface area contributed by atoms with Crippen molar-refractivity contribution in [2.75, 3.05) is 37.9 Å². The van der Waals surface area contributed by atoms with Gasteiger partial charge in [0.1, 0.15) is 10.5 Å². The molecule has 0 bridgehead atoms. The van der Waals surface area contributed by atoms with Crippen LogP contribution in [0.4, 0.5) is 5.69 Å². The summed E-state index contributed by atoms with van der Waals surface area (Å²) in [7, 11) is -8.85. The molecule has 1 heterocycles. The third-order valence-electron chi connectivity index (χ3n) is 7.89. The Balaban J connectivity index is 1.23. The second kappa shape index (κ2) is 18.4. The van der Waals surface area contributed by atoms with E-state index in [0.717, 1.165) is 23.5 Å². The monoisotopic (exact) mass is 844 g/mol. The molecule has 0 saturated heterocycles. The largest absolute Gasteiger partial charge is 0.504 e. The molecular weight excluding hydrogens is 808 g/mol. The lowest BCUT2D eigenvalue weighted by molar-refractivity contribution is 0.0942. The van der Waals surface area contributed by atoms with Gasteiger partial charge in [0.2, 0.25) is 0 Å². The minimum atomic E-state index is -4.63. The normalized spacial score (nSPS) is 11.5. The molecule has 0 spiro atoms. The fourth-order valence-corrected chi connectivity index (χ4v) is 8.44. The van der Waals surface area contributed by atoms with Gasteiger partial charge < -0.3 is 55.6 Å². The van der Waals surface area contributed by atoms with Crippen LogP contribution in [0.5, 0.6) is 34.5 Å². The zero-order valence-electron chi connectivity index (χ0n) is 29.7. The van der Waals surface area contributed by atoms with Gasteiger partial charge in [-0.15, -0.1) is 11.3 Å². The number of carbonyl (C=O) groups excluding carboxylic acids is 3. The fraction of sp³-hybridized carbons (Fsp3) is 0.194. The number of fused-ring (bicyclic) bond motifs is 1. The number of phenols is 4. The van der Waals surface area contributed by atoms with Crippen molar-refractivity contribution in [1.29, 1.82) is 0 Å². The summed E-state index contributed by atoms with van der Waals surface area (Å²) in [6.45, 7) is 0.553. The Kier molecular flexibility index (Phi) is 13.6. The lowest BCUT2D eigenvalue weighted by Gasteiger charge is -2.15. The molecule has 3 amide bonds. The van der Waals surface area contributed by atoms with Crippen molar-refractivity contribution >= 4 is 62.5 Å². The van der Waals surface area contributed by atoms with E-state index in [4.69, 9.17) is 19.3 Å². The summed E-state index contributed by atoms with van der Waals surface area (Å²) < 4.78 is 50.4. The summed E-state index contributed by atoms with van der Waals surface area (Å²) in [6.07, 6.45) is -0.390. The molecule has 1 aromatic heterocycles. The van der Waals surface area contributed by atoms with Crippen molar-refractivity contribution in [1.82, 2.24) is 15.4 Å². The lowest BCUT2D eigenvalue weighted by Crippen LogP contribution is -2.25. The van der Waals surface area contributed by atoms with Crippen LogP contribution in [0.25, 0.3) is 10.1 Å². The number of thiophene rings is 1. The van der Waals surface area contributed by atoms with Gasteiger partial charge >= 0.3 is 7.60 Å². The van der Waals surface area contributed by atoms with E-state index in [1.54, 1.807) is 12.1 Å². The number of hydrogen-bond donors (Lipinski definition) is 10. The topological polar surface area (TPSA) is 290 Å². The molecule has 0 saturated carbocycles. The summed E-state index contributed by atoms with van der Waals surface area (Å²) in [5.41, 5.74) is 0.770. The van der Waals surface area contributed by atoms with E-state index in [0.29, 0.717) is 28.6 Å². The predicted molar refractivity (Wildman–Crippen MR) is 208 cm³/mol. The summed E-state index contributed by atoms with van der Waals surface area (Å²) in [4.78, 5) is 56.3. The number of sulfonamides is 1. The van der Waals surface area contributed by atoms with Crippen LogP contribution in [0.3, 0.4) is 0 Å². The maximum atomic E-state index is 13.4. The Labute approximate surface area is 328 Å². The second-order valence-corrected chi connectivity index (χ2v) is 17.0. The van der Waals surface area contributed by atoms with E-state index in [-0.39, 0.29) is 70.2 Å². The Hall–Kier alpha value is -5.89. The molecule has 21 heteroatoms. The molecule has 0 aliphatic rings. The summed E-state index contributed by atoms with van der Waals surface area (Å²) in [5.74, 6) is -2.65. The van der Waals surface area contributed by atoms with Gasteiger partial charge in [0.05, 0.1) is 13.2 Å². The number of carbonyl (C=O) groups is 3. The van der Waals surface area contributed by atoms with Gasteiger partial charge in [0.15, 0.2) is 34.5 Å². The molecule has 10 N–H and O–H groups in total. The standard InChI is InChI=1S/C36H37N4O14PS2/c41-26-7-3-21(16-28(26)43)34(45)37-11-1-13-53-30-9-5-23(18-31(30)54-14-2-12-38-35(46)22-4-8-27(42)29(44)17-22)36(47)40-25-6-10-32-24(15-25)19-33(56-32)57(51,52)39-20-55(48,49)50/h3-10,15-19,39,41-44H,1-2,11-14,20H2,(H,37,45)(H,38,46)(H,40,47)(H2,48,49,50). The number of phenolic OH excluding ortho intramolecular Hbond substituents is 4. The highest BCUT2D eigenvalue weighted by atomic mass is 32.2. The quantitative estimate of drug-likeness (QED) is 0.0341. The minimum absolute atomic E-state index is 0.0706. The molecule has 5 aromatic rings. The van der Waals surface area contributed by atoms with E-state index in [2.05, 4.69) is 16.0 Å². The highest BCUT2D eigenvalue weighted by Gasteiger charge is 2.23. The Morgan fingerprint density at radius 3 is 1.75 bits per heavy atom. The molecule has 0 aliphatic heterocycles. The number of benzene rings is 4. The van der Waals surface area contributed by atoms with E-state index < -0.39 is 53.1 Å². The van der Waals surface area contributed by atoms with E-state index in [1.165, 1.54) is 54.6 Å². The lowest BCUT2D eigenvalue weighted by atomic mass is 10.1. The summed E-state index contributed by atoms with van der Waals surface area (Å²) >= 11 is 0.878. The molecule has 0 atom stereocenters. The van der Waals surface area contributed by atoms with E-state index in [1.807, 2.05) is 4.72 Å². The Morgan fingerprint density at radius 1 is 0.649 bits per heavy atom. The van der Waals surface area contributed by atoms with Crippen molar-refractivity contribution in [3.05, 3.63) is 95.6 Å². The van der Waals surface area contributed by atoms with Crippen LogP contribution in [-0.2, 0) is 14.6 Å². The molecule has 0 fully saturated rings. The van der Waals surface area contributed by atoms with Gasteiger partial charge in [0, 0.05) is 40.2 Å². The van der Waals surface area contributed by atoms with E-state index >= 15 is 0 Å². The van der Waals surface area contributed by atoms with E-state index in [9.17, 15) is 47.8 Å². The number of amides is 3. The maximum absolute atomic E-state index is 13.4. The summed E-state index contributed by atoms with van der Waals surface area (Å²) in [5, 5.41) is 46.8. The Morgan fingerprint density at radius 2 is 1.19 bits per heavy atom. The van der Waals surface area contributed by atoms with Crippen molar-refractivity contribution in [3.8, 4) is 34.5 Å². The fourth-order valence-electron chi connectivity index (χ4n) is 5.00. The molecule has 57 heavy (non-hydrogen) atoms. The van der Waals surface area contributed by atoms with Gasteiger partial charge in [-0.1, -0.05) is 0 Å². The highest BCUT2D eigenvalue weighted by Crippen LogP contribution is 2.35. The predicted octanol–water partition coefficient (Wildman–Crippen LogP) is 3.79. The molecule has 0 radical (unpaired) electrons. The highest BCUT2D eigenvalue weighted by molar-refractivity contribution is 7.92. The first kappa shape index (κ1) is 42.3. The number of nitrogens with one attached hydrogen (secondary N) is 4. The average molecular weight is 845 g/mol. The average Bonchev–Trinajstić information content (AvgIpc) is 3.60. The van der Waals surface area contributed by atoms with Crippen molar-refractivity contribution < 1.29 is 67.1 Å². The van der Waals surface area contributed by atoms with Crippen molar-refractivity contribution in [2.24, 2.45) is 0 Å². The van der Waals surface area contributed by atoms with Gasteiger partial charge in [0.25, 0.3) is 27.7 Å². The number of anilines is 1. The first-order valence-electron chi connectivity index (χ1n) is 16.9.